The Balaban J connectivity index is 1.39. The molecule has 0 N–H and O–H groups in total. The van der Waals surface area contributed by atoms with Gasteiger partial charge in [-0.25, -0.2) is 14.8 Å². The Morgan fingerprint density at radius 2 is 2.03 bits per heavy atom. The molecule has 9 heteroatoms. The number of anilines is 1. The third-order valence-electron chi connectivity index (χ3n) is 4.86. The van der Waals surface area contributed by atoms with Gasteiger partial charge in [-0.3, -0.25) is 4.79 Å². The molecule has 1 saturated heterocycles. The molecule has 4 heterocycles. The fourth-order valence-corrected chi connectivity index (χ4v) is 4.82. The minimum absolute atomic E-state index is 0.0276. The summed E-state index contributed by atoms with van der Waals surface area (Å²) in [5.74, 6) is 0.403. The number of pyridine rings is 1. The Morgan fingerprint density at radius 3 is 2.77 bits per heavy atom. The van der Waals surface area contributed by atoms with E-state index in [9.17, 15) is 9.59 Å². The van der Waals surface area contributed by atoms with Gasteiger partial charge in [0.05, 0.1) is 12.2 Å². The first-order valence-electron chi connectivity index (χ1n) is 9.81. The molecule has 1 fully saturated rings. The van der Waals surface area contributed by atoms with Crippen molar-refractivity contribution in [3.8, 4) is 10.6 Å². The van der Waals surface area contributed by atoms with Crippen molar-refractivity contribution < 1.29 is 14.3 Å². The Labute approximate surface area is 183 Å². The van der Waals surface area contributed by atoms with Gasteiger partial charge in [0.25, 0.3) is 5.91 Å². The molecule has 0 spiro atoms. The number of ether oxygens (including phenoxy) is 1. The topological polar surface area (TPSA) is 75.6 Å². The highest BCUT2D eigenvalue weighted by Crippen LogP contribution is 2.26. The molecule has 1 amide bonds. The zero-order valence-electron chi connectivity index (χ0n) is 16.6. The molecule has 0 aromatic carbocycles. The number of nitrogens with zero attached hydrogens (tertiary/aromatic N) is 4. The summed E-state index contributed by atoms with van der Waals surface area (Å²) in [5, 5.41) is 6.77. The van der Waals surface area contributed by atoms with E-state index in [1.165, 1.54) is 11.3 Å². The highest BCUT2D eigenvalue weighted by Gasteiger charge is 2.23. The van der Waals surface area contributed by atoms with Gasteiger partial charge < -0.3 is 14.5 Å². The molecule has 0 unspecified atom stereocenters. The van der Waals surface area contributed by atoms with Gasteiger partial charge in [-0.15, -0.1) is 11.3 Å². The van der Waals surface area contributed by atoms with E-state index in [1.807, 2.05) is 33.2 Å². The number of thiophene rings is 1. The van der Waals surface area contributed by atoms with Crippen molar-refractivity contribution in [2.24, 2.45) is 0 Å². The number of rotatable bonds is 5. The first-order chi connectivity index (χ1) is 14.7. The second-order valence-corrected chi connectivity index (χ2v) is 8.45. The molecule has 3 aromatic rings. The van der Waals surface area contributed by atoms with Gasteiger partial charge >= 0.3 is 5.97 Å². The van der Waals surface area contributed by atoms with Gasteiger partial charge in [-0.05, 0) is 36.9 Å². The number of carbonyl (C=O) groups is 2. The van der Waals surface area contributed by atoms with Crippen molar-refractivity contribution in [3.63, 3.8) is 0 Å². The van der Waals surface area contributed by atoms with Crippen LogP contribution in [0.15, 0.2) is 40.5 Å². The lowest BCUT2D eigenvalue weighted by atomic mass is 10.2. The van der Waals surface area contributed by atoms with E-state index in [4.69, 9.17) is 4.74 Å². The van der Waals surface area contributed by atoms with Crippen LogP contribution >= 0.6 is 22.7 Å². The molecule has 3 aromatic heterocycles. The predicted octanol–water partition coefficient (Wildman–Crippen LogP) is 3.80. The van der Waals surface area contributed by atoms with Crippen LogP contribution in [0, 0.1) is 0 Å². The van der Waals surface area contributed by atoms with Gasteiger partial charge in [0.1, 0.15) is 16.5 Å². The fraction of sp³-hybridized carbons (Fsp3) is 0.333. The number of aromatic nitrogens is 2. The van der Waals surface area contributed by atoms with Crippen LogP contribution in [0.5, 0.6) is 0 Å². The van der Waals surface area contributed by atoms with E-state index in [0.29, 0.717) is 37.5 Å². The maximum atomic E-state index is 12.9. The summed E-state index contributed by atoms with van der Waals surface area (Å²) in [5.41, 5.74) is 2.01. The molecule has 0 aliphatic carbocycles. The van der Waals surface area contributed by atoms with Gasteiger partial charge in [0.2, 0.25) is 0 Å². The van der Waals surface area contributed by atoms with Crippen LogP contribution in [-0.4, -0.2) is 59.5 Å². The highest BCUT2D eigenvalue weighted by molar-refractivity contribution is 7.14. The summed E-state index contributed by atoms with van der Waals surface area (Å²) in [4.78, 5) is 37.7. The zero-order chi connectivity index (χ0) is 20.9. The van der Waals surface area contributed by atoms with E-state index in [2.05, 4.69) is 14.9 Å². The second kappa shape index (κ2) is 9.36. The van der Waals surface area contributed by atoms with Crippen LogP contribution in [0.3, 0.4) is 0 Å². The standard InChI is InChI=1S/C21H22N4O3S2/c1-2-28-21(27)15-4-5-18(22-12-15)24-7-3-8-25(10-9-24)20(26)17-14-30-19(23-17)16-6-11-29-13-16/h4-6,11-14H,2-3,7-10H2,1H3. The average molecular weight is 443 g/mol. The number of esters is 1. The van der Waals surface area contributed by atoms with Gasteiger partial charge in [-0.1, -0.05) is 0 Å². The molecule has 4 rings (SSSR count). The molecule has 30 heavy (non-hydrogen) atoms. The van der Waals surface area contributed by atoms with Crippen LogP contribution in [0.4, 0.5) is 5.82 Å². The number of carbonyl (C=O) groups excluding carboxylic acids is 2. The van der Waals surface area contributed by atoms with E-state index in [1.54, 1.807) is 30.5 Å². The van der Waals surface area contributed by atoms with Gasteiger partial charge in [0.15, 0.2) is 0 Å². The SMILES string of the molecule is CCOC(=O)c1ccc(N2CCCN(C(=O)c3csc(-c4ccsc4)n3)CC2)nc1. The van der Waals surface area contributed by atoms with Gasteiger partial charge in [-0.2, -0.15) is 11.3 Å². The molecule has 0 radical (unpaired) electrons. The zero-order valence-corrected chi connectivity index (χ0v) is 18.2. The summed E-state index contributed by atoms with van der Waals surface area (Å²) >= 11 is 3.12. The predicted molar refractivity (Wildman–Crippen MR) is 118 cm³/mol. The molecule has 1 aliphatic heterocycles. The lowest BCUT2D eigenvalue weighted by Gasteiger charge is -2.22. The number of hydrogen-bond acceptors (Lipinski definition) is 8. The van der Waals surface area contributed by atoms with Crippen LogP contribution in [0.25, 0.3) is 10.6 Å². The number of hydrogen-bond donors (Lipinski definition) is 0. The first-order valence-corrected chi connectivity index (χ1v) is 11.6. The molecule has 7 nitrogen and oxygen atoms in total. The Bertz CT molecular complexity index is 1000. The van der Waals surface area contributed by atoms with Crippen LogP contribution in [0.1, 0.15) is 34.2 Å². The average Bonchev–Trinajstić information content (AvgIpc) is 3.41. The van der Waals surface area contributed by atoms with Crippen molar-refractivity contribution in [1.82, 2.24) is 14.9 Å². The monoisotopic (exact) mass is 442 g/mol. The fourth-order valence-electron chi connectivity index (χ4n) is 3.31. The van der Waals surface area contributed by atoms with Crippen molar-refractivity contribution in [3.05, 3.63) is 51.8 Å². The van der Waals surface area contributed by atoms with Crippen molar-refractivity contribution in [2.45, 2.75) is 13.3 Å². The molecule has 0 saturated carbocycles. The van der Waals surface area contributed by atoms with Crippen molar-refractivity contribution >= 4 is 40.4 Å². The molecular formula is C21H22N4O3S2. The molecular weight excluding hydrogens is 420 g/mol. The second-order valence-electron chi connectivity index (χ2n) is 6.81. The normalized spacial score (nSPS) is 14.4. The highest BCUT2D eigenvalue weighted by atomic mass is 32.1. The Morgan fingerprint density at radius 1 is 1.13 bits per heavy atom. The Kier molecular flexibility index (Phi) is 6.39. The van der Waals surface area contributed by atoms with Crippen LogP contribution in [-0.2, 0) is 4.74 Å². The first kappa shape index (κ1) is 20.5. The summed E-state index contributed by atoms with van der Waals surface area (Å²) in [6, 6.07) is 5.58. The minimum atomic E-state index is -0.366. The quantitative estimate of drug-likeness (QED) is 0.560. The third kappa shape index (κ3) is 4.52. The van der Waals surface area contributed by atoms with E-state index in [-0.39, 0.29) is 11.9 Å². The van der Waals surface area contributed by atoms with Crippen molar-refractivity contribution in [1.29, 1.82) is 0 Å². The van der Waals surface area contributed by atoms with Crippen LogP contribution < -0.4 is 4.90 Å². The Hall–Kier alpha value is -2.78. The lowest BCUT2D eigenvalue weighted by Crippen LogP contribution is -2.35. The summed E-state index contributed by atoms with van der Waals surface area (Å²) in [6.07, 6.45) is 2.39. The summed E-state index contributed by atoms with van der Waals surface area (Å²) < 4.78 is 5.00. The smallest absolute Gasteiger partial charge is 0.339 e. The number of thiazole rings is 1. The lowest BCUT2D eigenvalue weighted by molar-refractivity contribution is 0.0525. The summed E-state index contributed by atoms with van der Waals surface area (Å²) in [6.45, 7) is 4.88. The summed E-state index contributed by atoms with van der Waals surface area (Å²) in [7, 11) is 0. The van der Waals surface area contributed by atoms with Gasteiger partial charge in [0, 0.05) is 48.7 Å². The maximum absolute atomic E-state index is 12.9. The van der Waals surface area contributed by atoms with Crippen LogP contribution in [0.2, 0.25) is 0 Å². The van der Waals surface area contributed by atoms with E-state index in [0.717, 1.165) is 29.4 Å². The number of amides is 1. The van der Waals surface area contributed by atoms with E-state index >= 15 is 0 Å². The van der Waals surface area contributed by atoms with Crippen molar-refractivity contribution in [2.75, 3.05) is 37.7 Å². The largest absolute Gasteiger partial charge is 0.462 e. The molecule has 0 atom stereocenters. The maximum Gasteiger partial charge on any atom is 0.339 e. The third-order valence-corrected chi connectivity index (χ3v) is 6.43. The minimum Gasteiger partial charge on any atom is -0.462 e. The van der Waals surface area contributed by atoms with E-state index < -0.39 is 0 Å². The molecule has 156 valence electrons. The molecule has 0 bridgehead atoms. The molecule has 1 aliphatic rings.